The van der Waals surface area contributed by atoms with Crippen molar-refractivity contribution >= 4 is 5.91 Å². The SMILES string of the molecule is COc1ccc([C@H](NC(=O)[C@H](c2ccccc2)C(C)C)c2ccccc2)cc1. The number of nitrogens with one attached hydrogen (secondary N) is 1. The van der Waals surface area contributed by atoms with Crippen LogP contribution in [0.5, 0.6) is 5.75 Å². The predicted molar refractivity (Wildman–Crippen MR) is 113 cm³/mol. The number of hydrogen-bond acceptors (Lipinski definition) is 2. The molecule has 0 heterocycles. The zero-order valence-electron chi connectivity index (χ0n) is 16.6. The Morgan fingerprint density at radius 3 is 1.75 bits per heavy atom. The highest BCUT2D eigenvalue weighted by molar-refractivity contribution is 5.84. The number of ether oxygens (including phenoxy) is 1. The van der Waals surface area contributed by atoms with Gasteiger partial charge in [0.15, 0.2) is 0 Å². The lowest BCUT2D eigenvalue weighted by Crippen LogP contribution is -2.35. The van der Waals surface area contributed by atoms with Crippen LogP contribution in [0.4, 0.5) is 0 Å². The van der Waals surface area contributed by atoms with Crippen LogP contribution in [0.3, 0.4) is 0 Å². The standard InChI is InChI=1S/C25H27NO2/c1-18(2)23(19-10-6-4-7-11-19)25(27)26-24(20-12-8-5-9-13-20)21-14-16-22(28-3)17-15-21/h4-18,23-24H,1-3H3,(H,26,27)/t23-,24+/m0/s1. The first-order chi connectivity index (χ1) is 13.6. The smallest absolute Gasteiger partial charge is 0.228 e. The third kappa shape index (κ3) is 4.61. The zero-order valence-corrected chi connectivity index (χ0v) is 16.6. The summed E-state index contributed by atoms with van der Waals surface area (Å²) in [5.41, 5.74) is 3.11. The fraction of sp³-hybridized carbons (Fsp3) is 0.240. The van der Waals surface area contributed by atoms with Crippen LogP contribution in [0.2, 0.25) is 0 Å². The molecule has 0 radical (unpaired) electrons. The molecule has 28 heavy (non-hydrogen) atoms. The molecule has 144 valence electrons. The minimum absolute atomic E-state index is 0.0332. The molecular formula is C25H27NO2. The molecule has 0 unspecified atom stereocenters. The summed E-state index contributed by atoms with van der Waals surface area (Å²) in [5.74, 6) is 0.817. The minimum Gasteiger partial charge on any atom is -0.497 e. The maximum absolute atomic E-state index is 13.3. The Bertz CT molecular complexity index is 873. The van der Waals surface area contributed by atoms with Crippen LogP contribution >= 0.6 is 0 Å². The monoisotopic (exact) mass is 373 g/mol. The van der Waals surface area contributed by atoms with E-state index in [2.05, 4.69) is 19.2 Å². The molecule has 1 N–H and O–H groups in total. The van der Waals surface area contributed by atoms with Gasteiger partial charge in [-0.15, -0.1) is 0 Å². The Morgan fingerprint density at radius 1 is 0.750 bits per heavy atom. The van der Waals surface area contributed by atoms with Crippen molar-refractivity contribution in [1.29, 1.82) is 0 Å². The van der Waals surface area contributed by atoms with Gasteiger partial charge < -0.3 is 10.1 Å². The summed E-state index contributed by atoms with van der Waals surface area (Å²) in [6, 6.07) is 27.7. The van der Waals surface area contributed by atoms with E-state index in [0.29, 0.717) is 0 Å². The molecule has 1 amide bonds. The van der Waals surface area contributed by atoms with E-state index in [-0.39, 0.29) is 23.8 Å². The molecule has 0 aliphatic heterocycles. The van der Waals surface area contributed by atoms with E-state index in [1.807, 2.05) is 84.9 Å². The van der Waals surface area contributed by atoms with Crippen molar-refractivity contribution < 1.29 is 9.53 Å². The van der Waals surface area contributed by atoms with E-state index in [9.17, 15) is 4.79 Å². The molecule has 3 aromatic rings. The van der Waals surface area contributed by atoms with Gasteiger partial charge >= 0.3 is 0 Å². The van der Waals surface area contributed by atoms with Crippen molar-refractivity contribution in [3.05, 3.63) is 102 Å². The van der Waals surface area contributed by atoms with Gasteiger partial charge in [0, 0.05) is 0 Å². The van der Waals surface area contributed by atoms with E-state index < -0.39 is 0 Å². The molecular weight excluding hydrogens is 346 g/mol. The van der Waals surface area contributed by atoms with Gasteiger partial charge in [0.1, 0.15) is 5.75 Å². The molecule has 0 aliphatic rings. The molecule has 0 aromatic heterocycles. The quantitative estimate of drug-likeness (QED) is 0.607. The summed E-state index contributed by atoms with van der Waals surface area (Å²) in [5, 5.41) is 3.29. The number of carbonyl (C=O) groups is 1. The molecule has 0 spiro atoms. The third-order valence-corrected chi connectivity index (χ3v) is 4.98. The van der Waals surface area contributed by atoms with Gasteiger partial charge in [-0.1, -0.05) is 86.6 Å². The highest BCUT2D eigenvalue weighted by atomic mass is 16.5. The number of methoxy groups -OCH3 is 1. The number of carbonyl (C=O) groups excluding carboxylic acids is 1. The van der Waals surface area contributed by atoms with Gasteiger partial charge in [0.25, 0.3) is 0 Å². The Morgan fingerprint density at radius 2 is 1.25 bits per heavy atom. The fourth-order valence-electron chi connectivity index (χ4n) is 3.53. The second-order valence-electron chi connectivity index (χ2n) is 7.26. The second-order valence-corrected chi connectivity index (χ2v) is 7.26. The molecule has 3 aromatic carbocycles. The minimum atomic E-state index is -0.218. The molecule has 3 nitrogen and oxygen atoms in total. The Kier molecular flexibility index (Phi) is 6.49. The second kappa shape index (κ2) is 9.23. The van der Waals surface area contributed by atoms with Crippen molar-refractivity contribution in [3.8, 4) is 5.75 Å². The molecule has 3 rings (SSSR count). The zero-order chi connectivity index (χ0) is 19.9. The number of amides is 1. The number of rotatable bonds is 7. The van der Waals surface area contributed by atoms with Crippen molar-refractivity contribution in [2.24, 2.45) is 5.92 Å². The van der Waals surface area contributed by atoms with E-state index in [0.717, 1.165) is 22.4 Å². The number of benzene rings is 3. The first-order valence-corrected chi connectivity index (χ1v) is 9.64. The lowest BCUT2D eigenvalue weighted by molar-refractivity contribution is -0.124. The van der Waals surface area contributed by atoms with Crippen LogP contribution in [0, 0.1) is 5.92 Å². The van der Waals surface area contributed by atoms with Crippen molar-refractivity contribution in [2.75, 3.05) is 7.11 Å². The van der Waals surface area contributed by atoms with Crippen LogP contribution in [0.1, 0.15) is 42.5 Å². The van der Waals surface area contributed by atoms with E-state index >= 15 is 0 Å². The Labute approximate surface area is 167 Å². The molecule has 0 saturated heterocycles. The summed E-state index contributed by atoms with van der Waals surface area (Å²) >= 11 is 0. The molecule has 0 bridgehead atoms. The first-order valence-electron chi connectivity index (χ1n) is 9.64. The van der Waals surface area contributed by atoms with Gasteiger partial charge in [-0.2, -0.15) is 0 Å². The average Bonchev–Trinajstić information content (AvgIpc) is 2.73. The largest absolute Gasteiger partial charge is 0.497 e. The van der Waals surface area contributed by atoms with E-state index in [1.165, 1.54) is 0 Å². The summed E-state index contributed by atoms with van der Waals surface area (Å²) in [4.78, 5) is 13.3. The molecule has 0 fully saturated rings. The topological polar surface area (TPSA) is 38.3 Å². The first kappa shape index (κ1) is 19.7. The predicted octanol–water partition coefficient (Wildman–Crippen LogP) is 5.34. The highest BCUT2D eigenvalue weighted by Crippen LogP contribution is 2.29. The van der Waals surface area contributed by atoms with Crippen molar-refractivity contribution in [1.82, 2.24) is 5.32 Å². The average molecular weight is 373 g/mol. The Hall–Kier alpha value is -3.07. The van der Waals surface area contributed by atoms with Gasteiger partial charge in [-0.05, 0) is 34.7 Å². The van der Waals surface area contributed by atoms with Crippen molar-refractivity contribution in [2.45, 2.75) is 25.8 Å². The normalized spacial score (nSPS) is 13.0. The maximum atomic E-state index is 13.3. The van der Waals surface area contributed by atoms with Crippen LogP contribution < -0.4 is 10.1 Å². The van der Waals surface area contributed by atoms with E-state index in [4.69, 9.17) is 4.74 Å². The summed E-state index contributed by atoms with van der Waals surface area (Å²) < 4.78 is 5.28. The number of hydrogen-bond donors (Lipinski definition) is 1. The van der Waals surface area contributed by atoms with Gasteiger partial charge in [0.2, 0.25) is 5.91 Å². The van der Waals surface area contributed by atoms with Gasteiger partial charge in [-0.25, -0.2) is 0 Å². The maximum Gasteiger partial charge on any atom is 0.228 e. The van der Waals surface area contributed by atoms with Crippen LogP contribution in [-0.4, -0.2) is 13.0 Å². The fourth-order valence-corrected chi connectivity index (χ4v) is 3.53. The van der Waals surface area contributed by atoms with E-state index in [1.54, 1.807) is 7.11 Å². The Balaban J connectivity index is 1.93. The van der Waals surface area contributed by atoms with Crippen LogP contribution in [0.25, 0.3) is 0 Å². The highest BCUT2D eigenvalue weighted by Gasteiger charge is 2.27. The van der Waals surface area contributed by atoms with Gasteiger partial charge in [0.05, 0.1) is 19.1 Å². The lowest BCUT2D eigenvalue weighted by atomic mass is 9.87. The van der Waals surface area contributed by atoms with Gasteiger partial charge in [-0.3, -0.25) is 4.79 Å². The lowest BCUT2D eigenvalue weighted by Gasteiger charge is -2.26. The summed E-state index contributed by atoms with van der Waals surface area (Å²) in [7, 11) is 1.65. The van der Waals surface area contributed by atoms with Crippen LogP contribution in [-0.2, 0) is 4.79 Å². The third-order valence-electron chi connectivity index (χ3n) is 4.98. The van der Waals surface area contributed by atoms with Crippen LogP contribution in [0.15, 0.2) is 84.9 Å². The molecule has 3 heteroatoms. The molecule has 2 atom stereocenters. The summed E-state index contributed by atoms with van der Waals surface area (Å²) in [6.45, 7) is 4.17. The molecule has 0 saturated carbocycles. The van der Waals surface area contributed by atoms with Crippen molar-refractivity contribution in [3.63, 3.8) is 0 Å². The molecule has 0 aliphatic carbocycles. The summed E-state index contributed by atoms with van der Waals surface area (Å²) in [6.07, 6.45) is 0.